The van der Waals surface area contributed by atoms with Crippen LogP contribution in [0.1, 0.15) is 37.6 Å². The molecule has 2 aliphatic rings. The van der Waals surface area contributed by atoms with Gasteiger partial charge in [0.1, 0.15) is 11.4 Å². The molecule has 192 valence electrons. The van der Waals surface area contributed by atoms with Gasteiger partial charge < -0.3 is 13.9 Å². The molecule has 1 saturated carbocycles. The van der Waals surface area contributed by atoms with Crippen LogP contribution >= 0.6 is 0 Å². The number of rotatable bonds is 9. The second-order valence-corrected chi connectivity index (χ2v) is 9.99. The van der Waals surface area contributed by atoms with Crippen LogP contribution in [0.3, 0.4) is 0 Å². The number of ether oxygens (including phenoxy) is 2. The first-order valence-electron chi connectivity index (χ1n) is 13.4. The van der Waals surface area contributed by atoms with Crippen molar-refractivity contribution in [1.82, 2.24) is 4.98 Å². The third kappa shape index (κ3) is 4.89. The van der Waals surface area contributed by atoms with Crippen LogP contribution in [-0.4, -0.2) is 24.2 Å². The zero-order valence-corrected chi connectivity index (χ0v) is 21.6. The largest absolute Gasteiger partial charge is 0.482 e. The molecule has 0 spiro atoms. The Labute approximate surface area is 223 Å². The molecular weight excluding hydrogens is 474 g/mol. The summed E-state index contributed by atoms with van der Waals surface area (Å²) in [5.41, 5.74) is 6.82. The monoisotopic (exact) mass is 505 g/mol. The molecule has 6 rings (SSSR count). The molecule has 2 unspecified atom stereocenters. The molecule has 5 nitrogen and oxygen atoms in total. The van der Waals surface area contributed by atoms with Gasteiger partial charge in [0.05, 0.1) is 6.61 Å². The molecule has 0 radical (unpaired) electrons. The van der Waals surface area contributed by atoms with Crippen molar-refractivity contribution >= 4 is 11.5 Å². The minimum absolute atomic E-state index is 0.0865. The van der Waals surface area contributed by atoms with Gasteiger partial charge in [0, 0.05) is 16.7 Å². The lowest BCUT2D eigenvalue weighted by molar-refractivity contribution is -0.145. The van der Waals surface area contributed by atoms with Crippen molar-refractivity contribution in [3.8, 4) is 28.3 Å². The van der Waals surface area contributed by atoms with Crippen molar-refractivity contribution in [2.75, 3.05) is 13.2 Å². The van der Waals surface area contributed by atoms with Crippen molar-refractivity contribution in [1.29, 1.82) is 0 Å². The van der Waals surface area contributed by atoms with E-state index in [9.17, 15) is 4.79 Å². The number of hydrogen-bond acceptors (Lipinski definition) is 5. The van der Waals surface area contributed by atoms with E-state index in [0.29, 0.717) is 24.2 Å². The van der Waals surface area contributed by atoms with Crippen molar-refractivity contribution in [2.45, 2.75) is 32.6 Å². The fraction of sp³-hybridized carbons (Fsp3) is 0.273. The molecule has 1 aromatic heterocycles. The van der Waals surface area contributed by atoms with E-state index in [4.69, 9.17) is 18.9 Å². The summed E-state index contributed by atoms with van der Waals surface area (Å²) in [7, 11) is 0. The molecule has 0 N–H and O–H groups in total. The predicted octanol–water partition coefficient (Wildman–Crippen LogP) is 7.38. The first-order valence-corrected chi connectivity index (χ1v) is 13.4. The van der Waals surface area contributed by atoms with Gasteiger partial charge in [0.2, 0.25) is 5.89 Å². The Morgan fingerprint density at radius 3 is 2.42 bits per heavy atom. The first kappa shape index (κ1) is 24.2. The Bertz CT molecular complexity index is 1400. The average molecular weight is 506 g/mol. The van der Waals surface area contributed by atoms with Crippen molar-refractivity contribution in [3.05, 3.63) is 102 Å². The van der Waals surface area contributed by atoms with E-state index >= 15 is 0 Å². The number of carbonyl (C=O) groups is 1. The van der Waals surface area contributed by atoms with E-state index in [-0.39, 0.29) is 12.6 Å². The summed E-state index contributed by atoms with van der Waals surface area (Å²) < 4.78 is 17.3. The van der Waals surface area contributed by atoms with Crippen molar-refractivity contribution < 1.29 is 18.7 Å². The number of esters is 1. The highest BCUT2D eigenvalue weighted by Crippen LogP contribution is 2.54. The van der Waals surface area contributed by atoms with Gasteiger partial charge in [-0.1, -0.05) is 78.4 Å². The van der Waals surface area contributed by atoms with Crippen LogP contribution in [0, 0.1) is 11.8 Å². The number of hydrogen-bond donors (Lipinski definition) is 0. The third-order valence-corrected chi connectivity index (χ3v) is 7.58. The number of nitrogens with zero attached hydrogens (tertiary/aromatic N) is 1. The maximum absolute atomic E-state index is 11.7. The molecule has 0 amide bonds. The summed E-state index contributed by atoms with van der Waals surface area (Å²) in [6.45, 7) is 2.05. The fourth-order valence-corrected chi connectivity index (χ4v) is 5.92. The minimum Gasteiger partial charge on any atom is -0.482 e. The molecule has 3 aromatic carbocycles. The van der Waals surface area contributed by atoms with E-state index in [1.165, 1.54) is 24.0 Å². The minimum atomic E-state index is -0.358. The van der Waals surface area contributed by atoms with Crippen LogP contribution in [0.5, 0.6) is 5.75 Å². The van der Waals surface area contributed by atoms with Gasteiger partial charge in [-0.2, -0.15) is 0 Å². The Balaban J connectivity index is 1.35. The topological polar surface area (TPSA) is 61.6 Å². The third-order valence-electron chi connectivity index (χ3n) is 7.58. The highest BCUT2D eigenvalue weighted by molar-refractivity contribution is 5.80. The Hall–Kier alpha value is -4.12. The molecule has 1 heterocycles. The van der Waals surface area contributed by atoms with Crippen LogP contribution in [0.4, 0.5) is 0 Å². The van der Waals surface area contributed by atoms with Crippen LogP contribution in [-0.2, 0) is 16.0 Å². The van der Waals surface area contributed by atoms with Gasteiger partial charge in [0.25, 0.3) is 0 Å². The highest BCUT2D eigenvalue weighted by atomic mass is 16.6. The Kier molecular flexibility index (Phi) is 6.82. The van der Waals surface area contributed by atoms with E-state index in [2.05, 4.69) is 30.3 Å². The number of oxazole rings is 1. The molecular formula is C33H31NO4. The number of aromatic nitrogens is 1. The van der Waals surface area contributed by atoms with Gasteiger partial charge >= 0.3 is 5.97 Å². The molecule has 1 fully saturated rings. The first-order chi connectivity index (χ1) is 18.7. The average Bonchev–Trinajstić information content (AvgIpc) is 3.69. The van der Waals surface area contributed by atoms with E-state index in [1.807, 2.05) is 54.6 Å². The Morgan fingerprint density at radius 2 is 1.66 bits per heavy atom. The predicted molar refractivity (Wildman–Crippen MR) is 147 cm³/mol. The number of benzene rings is 3. The van der Waals surface area contributed by atoms with Crippen LogP contribution < -0.4 is 4.74 Å². The quantitative estimate of drug-likeness (QED) is 0.222. The summed E-state index contributed by atoms with van der Waals surface area (Å²) in [6.07, 6.45) is 4.36. The van der Waals surface area contributed by atoms with Crippen molar-refractivity contribution in [2.24, 2.45) is 11.8 Å². The maximum atomic E-state index is 11.7. The number of carbonyl (C=O) groups excluding carboxylic acids is 1. The van der Waals surface area contributed by atoms with E-state index in [0.717, 1.165) is 46.9 Å². The maximum Gasteiger partial charge on any atom is 0.344 e. The summed E-state index contributed by atoms with van der Waals surface area (Å²) in [4.78, 5) is 16.9. The van der Waals surface area contributed by atoms with Gasteiger partial charge in [-0.15, -0.1) is 0 Å². The normalized spacial score (nSPS) is 18.1. The summed E-state index contributed by atoms with van der Waals surface area (Å²) in [5.74, 6) is 2.91. The lowest BCUT2D eigenvalue weighted by Crippen LogP contribution is -2.14. The van der Waals surface area contributed by atoms with Gasteiger partial charge in [0.15, 0.2) is 12.4 Å². The van der Waals surface area contributed by atoms with Crippen LogP contribution in [0.15, 0.2) is 94.9 Å². The SMILES string of the molecule is CCOC(=O)COc1cccc(CC2=C(c3nc(-c4ccccc4)c(-c4ccccc4)o3)C3CCC2C3)c1. The van der Waals surface area contributed by atoms with Crippen LogP contribution in [0.25, 0.3) is 28.2 Å². The molecule has 0 saturated heterocycles. The summed E-state index contributed by atoms with van der Waals surface area (Å²) >= 11 is 0. The number of allylic oxidation sites excluding steroid dienone is 2. The lowest BCUT2D eigenvalue weighted by Gasteiger charge is -2.18. The smallest absolute Gasteiger partial charge is 0.344 e. The zero-order valence-electron chi connectivity index (χ0n) is 21.6. The van der Waals surface area contributed by atoms with E-state index in [1.54, 1.807) is 6.92 Å². The lowest BCUT2D eigenvalue weighted by atomic mass is 9.87. The van der Waals surface area contributed by atoms with Gasteiger partial charge in [-0.05, 0) is 62.1 Å². The molecule has 5 heteroatoms. The van der Waals surface area contributed by atoms with Crippen LogP contribution in [0.2, 0.25) is 0 Å². The van der Waals surface area contributed by atoms with Gasteiger partial charge in [-0.25, -0.2) is 9.78 Å². The number of fused-ring (bicyclic) bond motifs is 2. The molecule has 2 aliphatic carbocycles. The fourth-order valence-electron chi connectivity index (χ4n) is 5.92. The van der Waals surface area contributed by atoms with Gasteiger partial charge in [-0.3, -0.25) is 0 Å². The molecule has 4 aromatic rings. The molecule has 2 atom stereocenters. The summed E-state index contributed by atoms with van der Waals surface area (Å²) in [6, 6.07) is 28.5. The molecule has 38 heavy (non-hydrogen) atoms. The van der Waals surface area contributed by atoms with Crippen molar-refractivity contribution in [3.63, 3.8) is 0 Å². The Morgan fingerprint density at radius 1 is 0.921 bits per heavy atom. The highest BCUT2D eigenvalue weighted by Gasteiger charge is 2.41. The second kappa shape index (κ2) is 10.7. The van der Waals surface area contributed by atoms with E-state index < -0.39 is 0 Å². The second-order valence-electron chi connectivity index (χ2n) is 9.99. The molecule has 2 bridgehead atoms. The summed E-state index contributed by atoms with van der Waals surface area (Å²) in [5, 5.41) is 0. The zero-order chi connectivity index (χ0) is 25.9. The molecule has 0 aliphatic heterocycles. The standard InChI is InChI=1S/C33H31NO4/c1-2-36-29(35)21-37-27-15-9-10-22(18-27)19-28-25-16-17-26(20-25)30(28)33-34-31(23-11-5-3-6-12-23)32(38-33)24-13-7-4-8-14-24/h3-15,18,25-26H,2,16-17,19-21H2,1H3.